The highest BCUT2D eigenvalue weighted by molar-refractivity contribution is 7.85. The number of hydrogen-bond donors (Lipinski definition) is 2. The van der Waals surface area contributed by atoms with Crippen molar-refractivity contribution in [2.45, 2.75) is 69.7 Å². The minimum atomic E-state index is -1.94. The van der Waals surface area contributed by atoms with E-state index in [-0.39, 0.29) is 33.7 Å². The van der Waals surface area contributed by atoms with Gasteiger partial charge in [-0.1, -0.05) is 27.7 Å². The van der Waals surface area contributed by atoms with E-state index in [9.17, 15) is 22.9 Å². The average molecular weight is 445 g/mol. The van der Waals surface area contributed by atoms with Gasteiger partial charge in [0.2, 0.25) is 10.2 Å². The largest absolute Gasteiger partial charge is 0.385 e. The number of aromatic nitrogens is 1. The summed E-state index contributed by atoms with van der Waals surface area (Å²) >= 11 is 1.02. The maximum atomic E-state index is 14.4. The third kappa shape index (κ3) is 5.46. The molecule has 0 spiro atoms. The van der Waals surface area contributed by atoms with Gasteiger partial charge in [0.1, 0.15) is 11.6 Å². The van der Waals surface area contributed by atoms with Gasteiger partial charge >= 0.3 is 0 Å². The van der Waals surface area contributed by atoms with Gasteiger partial charge in [0, 0.05) is 12.3 Å². The normalized spacial score (nSPS) is 13.2. The number of thiazole rings is 1. The second kappa shape index (κ2) is 8.97. The molecule has 0 bridgehead atoms. The first-order valence-electron chi connectivity index (χ1n) is 9.23. The molecule has 1 aromatic carbocycles. The van der Waals surface area contributed by atoms with Crippen LogP contribution in [0.25, 0.3) is 0 Å². The van der Waals surface area contributed by atoms with E-state index >= 15 is 0 Å². The molecule has 1 heterocycles. The SMILES string of the molecule is CC(C)c1c(F)cc(F)c(C(C)C)c1CC(=O)NS(=O)c1ncc(C(C)(C)O)s1. The third-order valence-electron chi connectivity index (χ3n) is 4.36. The second-order valence-electron chi connectivity index (χ2n) is 7.98. The number of rotatable bonds is 7. The summed E-state index contributed by atoms with van der Waals surface area (Å²) in [5.74, 6) is -2.53. The topological polar surface area (TPSA) is 79.3 Å². The van der Waals surface area contributed by atoms with Gasteiger partial charge in [-0.05, 0) is 42.4 Å². The molecule has 0 aliphatic heterocycles. The molecule has 1 aromatic heterocycles. The van der Waals surface area contributed by atoms with Crippen LogP contribution in [0, 0.1) is 11.6 Å². The lowest BCUT2D eigenvalue weighted by Crippen LogP contribution is -2.28. The van der Waals surface area contributed by atoms with Crippen molar-refractivity contribution < 1.29 is 22.9 Å². The molecule has 0 fully saturated rings. The summed E-state index contributed by atoms with van der Waals surface area (Å²) in [6, 6.07) is 0.859. The van der Waals surface area contributed by atoms with Crippen LogP contribution in [0.4, 0.5) is 8.78 Å². The number of benzene rings is 1. The fourth-order valence-corrected chi connectivity index (χ4v) is 4.97. The molecule has 2 rings (SSSR count). The number of halogens is 2. The highest BCUT2D eigenvalue weighted by atomic mass is 32.2. The summed E-state index contributed by atoms with van der Waals surface area (Å²) in [5.41, 5.74) is -0.274. The Morgan fingerprint density at radius 1 is 1.21 bits per heavy atom. The van der Waals surface area contributed by atoms with Crippen molar-refractivity contribution in [1.82, 2.24) is 9.71 Å². The number of hydrogen-bond acceptors (Lipinski definition) is 5. The minimum absolute atomic E-state index is 0.133. The zero-order valence-electron chi connectivity index (χ0n) is 17.3. The predicted octanol–water partition coefficient (Wildman–Crippen LogP) is 4.28. The number of aliphatic hydroxyl groups is 1. The van der Waals surface area contributed by atoms with Gasteiger partial charge in [-0.15, -0.1) is 11.3 Å². The lowest BCUT2D eigenvalue weighted by Gasteiger charge is -2.21. The van der Waals surface area contributed by atoms with Crippen LogP contribution in [0.2, 0.25) is 0 Å². The van der Waals surface area contributed by atoms with Crippen molar-refractivity contribution >= 4 is 28.2 Å². The van der Waals surface area contributed by atoms with Crippen LogP contribution in [-0.4, -0.2) is 20.2 Å². The molecule has 1 amide bonds. The van der Waals surface area contributed by atoms with Crippen molar-refractivity contribution in [3.63, 3.8) is 0 Å². The molecule has 5 nitrogen and oxygen atoms in total. The van der Waals surface area contributed by atoms with Crippen LogP contribution >= 0.6 is 11.3 Å². The summed E-state index contributed by atoms with van der Waals surface area (Å²) < 4.78 is 43.8. The Hall–Kier alpha value is -1.71. The Bertz CT molecular complexity index is 902. The van der Waals surface area contributed by atoms with E-state index in [1.807, 2.05) is 0 Å². The van der Waals surface area contributed by atoms with E-state index in [1.165, 1.54) is 6.20 Å². The molecule has 29 heavy (non-hydrogen) atoms. The van der Waals surface area contributed by atoms with E-state index in [4.69, 9.17) is 0 Å². The van der Waals surface area contributed by atoms with E-state index in [0.717, 1.165) is 17.4 Å². The molecule has 0 radical (unpaired) electrons. The smallest absolute Gasteiger partial charge is 0.236 e. The summed E-state index contributed by atoms with van der Waals surface area (Å²) in [7, 11) is -1.94. The van der Waals surface area contributed by atoms with E-state index in [1.54, 1.807) is 41.5 Å². The fraction of sp³-hybridized carbons (Fsp3) is 0.500. The van der Waals surface area contributed by atoms with Gasteiger partial charge in [0.25, 0.3) is 0 Å². The summed E-state index contributed by atoms with van der Waals surface area (Å²) in [4.78, 5) is 17.0. The Morgan fingerprint density at radius 2 is 1.72 bits per heavy atom. The summed E-state index contributed by atoms with van der Waals surface area (Å²) in [6.07, 6.45) is 1.10. The van der Waals surface area contributed by atoms with Crippen molar-refractivity contribution in [1.29, 1.82) is 0 Å². The maximum Gasteiger partial charge on any atom is 0.236 e. The quantitative estimate of drug-likeness (QED) is 0.668. The first-order valence-corrected chi connectivity index (χ1v) is 11.2. The molecule has 160 valence electrons. The van der Waals surface area contributed by atoms with Crippen molar-refractivity contribution in [2.24, 2.45) is 0 Å². The van der Waals surface area contributed by atoms with Crippen LogP contribution in [0.3, 0.4) is 0 Å². The van der Waals surface area contributed by atoms with Gasteiger partial charge < -0.3 is 5.11 Å². The molecule has 1 atom stereocenters. The second-order valence-corrected chi connectivity index (χ2v) is 10.4. The monoisotopic (exact) mass is 444 g/mol. The Labute approximate surface area is 176 Å². The highest BCUT2D eigenvalue weighted by Gasteiger charge is 2.26. The number of carbonyl (C=O) groups is 1. The van der Waals surface area contributed by atoms with E-state index < -0.39 is 34.1 Å². The minimum Gasteiger partial charge on any atom is -0.385 e. The standard InChI is InChI=1S/C20H26F2N2O3S2/c1-10(2)17-12(18(11(3)4)14(22)8-13(17)21)7-16(25)24-29(27)19-23-9-15(28-19)20(5,6)26/h8-11,26H,7H2,1-6H3,(H,24,25). The Balaban J connectivity index is 2.30. The van der Waals surface area contributed by atoms with Gasteiger partial charge in [-0.2, -0.15) is 0 Å². The summed E-state index contributed by atoms with van der Waals surface area (Å²) in [5, 5.41) is 9.99. The molecule has 9 heteroatoms. The first-order chi connectivity index (χ1) is 13.3. The number of amides is 1. The first kappa shape index (κ1) is 23.6. The average Bonchev–Trinajstić information content (AvgIpc) is 3.03. The van der Waals surface area contributed by atoms with Gasteiger partial charge in [-0.25, -0.2) is 18.0 Å². The summed E-state index contributed by atoms with van der Waals surface area (Å²) in [6.45, 7) is 10.2. The fourth-order valence-electron chi connectivity index (χ4n) is 3.11. The molecular formula is C20H26F2N2O3S2. The lowest BCUT2D eigenvalue weighted by molar-refractivity contribution is -0.118. The Morgan fingerprint density at radius 3 is 2.14 bits per heavy atom. The van der Waals surface area contributed by atoms with E-state index in [2.05, 4.69) is 9.71 Å². The molecule has 0 saturated heterocycles. The van der Waals surface area contributed by atoms with Gasteiger partial charge in [0.15, 0.2) is 11.0 Å². The van der Waals surface area contributed by atoms with Crippen LogP contribution in [0.1, 0.15) is 74.9 Å². The van der Waals surface area contributed by atoms with Crippen molar-refractivity contribution in [2.75, 3.05) is 0 Å². The van der Waals surface area contributed by atoms with Crippen LogP contribution < -0.4 is 4.72 Å². The predicted molar refractivity (Wildman–Crippen MR) is 110 cm³/mol. The van der Waals surface area contributed by atoms with Crippen molar-refractivity contribution in [3.8, 4) is 0 Å². The molecular weight excluding hydrogens is 418 g/mol. The molecule has 0 aliphatic carbocycles. The molecule has 2 N–H and O–H groups in total. The van der Waals surface area contributed by atoms with Crippen molar-refractivity contribution in [3.05, 3.63) is 45.5 Å². The van der Waals surface area contributed by atoms with Crippen LogP contribution in [0.15, 0.2) is 16.6 Å². The number of nitrogens with one attached hydrogen (secondary N) is 1. The zero-order valence-corrected chi connectivity index (χ0v) is 18.9. The molecule has 0 aliphatic rings. The number of nitrogens with zero attached hydrogens (tertiary/aromatic N) is 1. The van der Waals surface area contributed by atoms with Crippen LogP contribution in [0.5, 0.6) is 0 Å². The van der Waals surface area contributed by atoms with E-state index in [0.29, 0.717) is 10.4 Å². The molecule has 1 unspecified atom stereocenters. The zero-order chi connectivity index (χ0) is 22.1. The lowest BCUT2D eigenvalue weighted by atomic mass is 9.86. The maximum absolute atomic E-state index is 14.4. The molecule has 2 aromatic rings. The van der Waals surface area contributed by atoms with Gasteiger partial charge in [-0.3, -0.25) is 9.52 Å². The Kier molecular flexibility index (Phi) is 7.29. The highest BCUT2D eigenvalue weighted by Crippen LogP contribution is 2.33. The van der Waals surface area contributed by atoms with Gasteiger partial charge in [0.05, 0.1) is 16.9 Å². The third-order valence-corrected chi connectivity index (χ3v) is 7.01. The number of carbonyl (C=O) groups excluding carboxylic acids is 1. The van der Waals surface area contributed by atoms with Crippen LogP contribution in [-0.2, 0) is 27.8 Å². The molecule has 0 saturated carbocycles.